The third-order valence-corrected chi connectivity index (χ3v) is 2.47. The Labute approximate surface area is 101 Å². The third-order valence-electron chi connectivity index (χ3n) is 2.47. The van der Waals surface area contributed by atoms with E-state index < -0.39 is 12.2 Å². The quantitative estimate of drug-likeness (QED) is 0.705. The van der Waals surface area contributed by atoms with Crippen LogP contribution in [0.2, 0.25) is 0 Å². The highest BCUT2D eigenvalue weighted by Gasteiger charge is 2.15. The number of aliphatic hydroxyl groups excluding tert-OH is 2. The fourth-order valence-corrected chi connectivity index (χ4v) is 1.42. The maximum Gasteiger partial charge on any atom is 0.150 e. The molecule has 0 saturated carbocycles. The van der Waals surface area contributed by atoms with Crippen molar-refractivity contribution < 1.29 is 19.7 Å². The van der Waals surface area contributed by atoms with Crippen LogP contribution in [0.5, 0.6) is 5.75 Å². The van der Waals surface area contributed by atoms with Crippen molar-refractivity contribution >= 4 is 6.29 Å². The highest BCUT2D eigenvalue weighted by Crippen LogP contribution is 2.12. The summed E-state index contributed by atoms with van der Waals surface area (Å²) in [6.45, 7) is 1.98. The van der Waals surface area contributed by atoms with Gasteiger partial charge in [-0.25, -0.2) is 0 Å². The van der Waals surface area contributed by atoms with E-state index in [-0.39, 0.29) is 6.61 Å². The van der Waals surface area contributed by atoms with E-state index in [0.29, 0.717) is 17.7 Å². The molecule has 2 N–H and O–H groups in total. The van der Waals surface area contributed by atoms with Gasteiger partial charge in [-0.2, -0.15) is 0 Å². The standard InChI is InChI=1S/C13H18O4/c1-2-3-12(15)13(16)9-17-11-6-4-10(8-14)5-7-11/h4-8,12-13,15-16H,2-3,9H2,1H3. The monoisotopic (exact) mass is 238 g/mol. The molecule has 0 radical (unpaired) electrons. The number of hydrogen-bond acceptors (Lipinski definition) is 4. The van der Waals surface area contributed by atoms with Crippen LogP contribution < -0.4 is 4.74 Å². The second kappa shape index (κ2) is 7.04. The minimum absolute atomic E-state index is 0.0433. The minimum Gasteiger partial charge on any atom is -0.491 e. The molecule has 2 unspecified atom stereocenters. The maximum absolute atomic E-state index is 10.4. The van der Waals surface area contributed by atoms with E-state index in [0.717, 1.165) is 12.7 Å². The number of benzene rings is 1. The Bertz CT molecular complexity index is 334. The van der Waals surface area contributed by atoms with Crippen LogP contribution in [-0.2, 0) is 0 Å². The summed E-state index contributed by atoms with van der Waals surface area (Å²) in [7, 11) is 0. The molecule has 0 spiro atoms. The Morgan fingerprint density at radius 1 is 1.24 bits per heavy atom. The summed E-state index contributed by atoms with van der Waals surface area (Å²) in [6.07, 6.45) is 0.472. The number of carbonyl (C=O) groups excluding carboxylic acids is 1. The molecule has 0 amide bonds. The second-order valence-electron chi connectivity index (χ2n) is 3.92. The van der Waals surface area contributed by atoms with Gasteiger partial charge in [0, 0.05) is 5.56 Å². The van der Waals surface area contributed by atoms with Crippen molar-refractivity contribution in [1.29, 1.82) is 0 Å². The Hall–Kier alpha value is -1.39. The number of aliphatic hydroxyl groups is 2. The number of rotatable bonds is 7. The van der Waals surface area contributed by atoms with E-state index in [2.05, 4.69) is 0 Å². The minimum atomic E-state index is -0.888. The van der Waals surface area contributed by atoms with Gasteiger partial charge in [0.1, 0.15) is 24.7 Å². The lowest BCUT2D eigenvalue weighted by Gasteiger charge is -2.17. The van der Waals surface area contributed by atoms with Gasteiger partial charge >= 0.3 is 0 Å². The summed E-state index contributed by atoms with van der Waals surface area (Å²) in [6, 6.07) is 6.58. The van der Waals surface area contributed by atoms with Crippen LogP contribution in [0.15, 0.2) is 24.3 Å². The molecule has 0 aliphatic heterocycles. The molecule has 0 saturated heterocycles. The van der Waals surface area contributed by atoms with E-state index in [1.165, 1.54) is 0 Å². The van der Waals surface area contributed by atoms with Crippen LogP contribution in [-0.4, -0.2) is 35.3 Å². The smallest absolute Gasteiger partial charge is 0.150 e. The van der Waals surface area contributed by atoms with Gasteiger partial charge in [0.2, 0.25) is 0 Å². The first-order valence-electron chi connectivity index (χ1n) is 5.71. The molecule has 2 atom stereocenters. The van der Waals surface area contributed by atoms with E-state index in [9.17, 15) is 15.0 Å². The molecule has 0 aliphatic rings. The summed E-state index contributed by atoms with van der Waals surface area (Å²) in [5.74, 6) is 0.568. The first-order valence-corrected chi connectivity index (χ1v) is 5.71. The third kappa shape index (κ3) is 4.54. The zero-order valence-electron chi connectivity index (χ0n) is 9.87. The van der Waals surface area contributed by atoms with Gasteiger partial charge in [0.25, 0.3) is 0 Å². The van der Waals surface area contributed by atoms with Crippen LogP contribution in [0.4, 0.5) is 0 Å². The van der Waals surface area contributed by atoms with Crippen LogP contribution in [0.3, 0.4) is 0 Å². The van der Waals surface area contributed by atoms with E-state index in [1.54, 1.807) is 24.3 Å². The van der Waals surface area contributed by atoms with Crippen LogP contribution in [0.25, 0.3) is 0 Å². The maximum atomic E-state index is 10.4. The summed E-state index contributed by atoms with van der Waals surface area (Å²) < 4.78 is 5.31. The lowest BCUT2D eigenvalue weighted by Crippen LogP contribution is -2.31. The topological polar surface area (TPSA) is 66.8 Å². The molecule has 1 rings (SSSR count). The van der Waals surface area contributed by atoms with Gasteiger partial charge in [0.15, 0.2) is 0 Å². The van der Waals surface area contributed by atoms with Gasteiger partial charge < -0.3 is 14.9 Å². The molecular weight excluding hydrogens is 220 g/mol. The Kier molecular flexibility index (Phi) is 5.66. The molecule has 0 bridgehead atoms. The van der Waals surface area contributed by atoms with E-state index in [1.807, 2.05) is 6.92 Å². The van der Waals surface area contributed by atoms with Crippen molar-refractivity contribution in [3.63, 3.8) is 0 Å². The van der Waals surface area contributed by atoms with E-state index >= 15 is 0 Å². The highest BCUT2D eigenvalue weighted by molar-refractivity contribution is 5.74. The molecule has 0 aromatic heterocycles. The van der Waals surface area contributed by atoms with Crippen molar-refractivity contribution in [2.24, 2.45) is 0 Å². The van der Waals surface area contributed by atoms with Crippen molar-refractivity contribution in [2.75, 3.05) is 6.61 Å². The summed E-state index contributed by atoms with van der Waals surface area (Å²) in [4.78, 5) is 10.4. The molecular formula is C13H18O4. The summed E-state index contributed by atoms with van der Waals surface area (Å²) in [5.41, 5.74) is 0.573. The highest BCUT2D eigenvalue weighted by atomic mass is 16.5. The van der Waals surface area contributed by atoms with Gasteiger partial charge in [0.05, 0.1) is 6.10 Å². The predicted octanol–water partition coefficient (Wildman–Crippen LogP) is 1.40. The molecule has 0 fully saturated rings. The first kappa shape index (κ1) is 13.7. The van der Waals surface area contributed by atoms with Gasteiger partial charge in [-0.3, -0.25) is 4.79 Å². The zero-order chi connectivity index (χ0) is 12.7. The summed E-state index contributed by atoms with van der Waals surface area (Å²) >= 11 is 0. The molecule has 17 heavy (non-hydrogen) atoms. The van der Waals surface area contributed by atoms with Crippen molar-refractivity contribution in [1.82, 2.24) is 0 Å². The molecule has 4 heteroatoms. The van der Waals surface area contributed by atoms with Crippen LogP contribution in [0.1, 0.15) is 30.1 Å². The van der Waals surface area contributed by atoms with E-state index in [4.69, 9.17) is 4.74 Å². The molecule has 4 nitrogen and oxygen atoms in total. The number of hydrogen-bond donors (Lipinski definition) is 2. The fraction of sp³-hybridized carbons (Fsp3) is 0.462. The van der Waals surface area contributed by atoms with Crippen molar-refractivity contribution in [2.45, 2.75) is 32.0 Å². The van der Waals surface area contributed by atoms with Crippen LogP contribution >= 0.6 is 0 Å². The SMILES string of the molecule is CCCC(O)C(O)COc1ccc(C=O)cc1. The normalized spacial score (nSPS) is 14.1. The van der Waals surface area contributed by atoms with Crippen molar-refractivity contribution in [3.05, 3.63) is 29.8 Å². The lowest BCUT2D eigenvalue weighted by molar-refractivity contribution is -0.0117. The van der Waals surface area contributed by atoms with Gasteiger partial charge in [-0.05, 0) is 30.7 Å². The predicted molar refractivity (Wildman–Crippen MR) is 64.2 cm³/mol. The zero-order valence-corrected chi connectivity index (χ0v) is 9.87. The lowest BCUT2D eigenvalue weighted by atomic mass is 10.1. The largest absolute Gasteiger partial charge is 0.491 e. The second-order valence-corrected chi connectivity index (χ2v) is 3.92. The number of ether oxygens (including phenoxy) is 1. The molecule has 0 heterocycles. The molecule has 1 aromatic rings. The summed E-state index contributed by atoms with van der Waals surface area (Å²) in [5, 5.41) is 19.1. The average molecular weight is 238 g/mol. The number of aldehydes is 1. The Balaban J connectivity index is 2.41. The molecule has 0 aliphatic carbocycles. The average Bonchev–Trinajstić information content (AvgIpc) is 2.36. The molecule has 1 aromatic carbocycles. The number of carbonyl (C=O) groups is 1. The van der Waals surface area contributed by atoms with Gasteiger partial charge in [-0.15, -0.1) is 0 Å². The Morgan fingerprint density at radius 2 is 1.88 bits per heavy atom. The Morgan fingerprint density at radius 3 is 2.41 bits per heavy atom. The molecule has 94 valence electrons. The van der Waals surface area contributed by atoms with Crippen LogP contribution in [0, 0.1) is 0 Å². The fourth-order valence-electron chi connectivity index (χ4n) is 1.42. The van der Waals surface area contributed by atoms with Gasteiger partial charge in [-0.1, -0.05) is 13.3 Å². The van der Waals surface area contributed by atoms with Crippen molar-refractivity contribution in [3.8, 4) is 5.75 Å². The first-order chi connectivity index (χ1) is 8.17.